The van der Waals surface area contributed by atoms with Gasteiger partial charge in [0.25, 0.3) is 0 Å². The molecule has 1 atom stereocenters. The van der Waals surface area contributed by atoms with Gasteiger partial charge >= 0.3 is 0 Å². The molecule has 0 aliphatic rings. The number of pyridine rings is 1. The van der Waals surface area contributed by atoms with Crippen LogP contribution in [0.4, 0.5) is 0 Å². The van der Waals surface area contributed by atoms with Crippen molar-refractivity contribution in [1.82, 2.24) is 4.98 Å². The summed E-state index contributed by atoms with van der Waals surface area (Å²) in [5, 5.41) is 7.10. The quantitative estimate of drug-likeness (QED) is 0.703. The highest BCUT2D eigenvalue weighted by Crippen LogP contribution is 2.19. The SMILES string of the molecule is CCCC(C)c1ccnc(C=N)c1. The maximum Gasteiger partial charge on any atom is 0.0807 e. The number of nitrogens with one attached hydrogen (secondary N) is 1. The fraction of sp³-hybridized carbons (Fsp3) is 0.455. The molecule has 1 heterocycles. The van der Waals surface area contributed by atoms with E-state index in [0.717, 1.165) is 5.69 Å². The number of rotatable bonds is 4. The highest BCUT2D eigenvalue weighted by atomic mass is 14.7. The monoisotopic (exact) mass is 176 g/mol. The van der Waals surface area contributed by atoms with Gasteiger partial charge in [-0.15, -0.1) is 0 Å². The van der Waals surface area contributed by atoms with Gasteiger partial charge in [-0.3, -0.25) is 4.98 Å². The van der Waals surface area contributed by atoms with Crippen molar-refractivity contribution in [3.05, 3.63) is 29.6 Å². The Morgan fingerprint density at radius 3 is 3.00 bits per heavy atom. The van der Waals surface area contributed by atoms with Crippen molar-refractivity contribution in [2.24, 2.45) is 0 Å². The number of hydrogen-bond donors (Lipinski definition) is 1. The van der Waals surface area contributed by atoms with Crippen molar-refractivity contribution in [3.63, 3.8) is 0 Å². The van der Waals surface area contributed by atoms with Crippen LogP contribution in [0.5, 0.6) is 0 Å². The first-order valence-electron chi connectivity index (χ1n) is 4.74. The summed E-state index contributed by atoms with van der Waals surface area (Å²) < 4.78 is 0. The lowest BCUT2D eigenvalue weighted by Crippen LogP contribution is -1.95. The van der Waals surface area contributed by atoms with Crippen LogP contribution in [-0.2, 0) is 0 Å². The van der Waals surface area contributed by atoms with Gasteiger partial charge in [-0.05, 0) is 30.0 Å². The highest BCUT2D eigenvalue weighted by molar-refractivity contribution is 5.74. The zero-order valence-corrected chi connectivity index (χ0v) is 8.25. The van der Waals surface area contributed by atoms with Crippen molar-refractivity contribution in [2.45, 2.75) is 32.6 Å². The predicted molar refractivity (Wildman–Crippen MR) is 55.4 cm³/mol. The van der Waals surface area contributed by atoms with Gasteiger partial charge in [0.2, 0.25) is 0 Å². The number of nitrogens with zero attached hydrogens (tertiary/aromatic N) is 1. The van der Waals surface area contributed by atoms with Gasteiger partial charge < -0.3 is 5.41 Å². The summed E-state index contributed by atoms with van der Waals surface area (Å²) in [6.07, 6.45) is 5.47. The van der Waals surface area contributed by atoms with E-state index < -0.39 is 0 Å². The Labute approximate surface area is 79.5 Å². The Hall–Kier alpha value is -1.18. The topological polar surface area (TPSA) is 36.7 Å². The molecular weight excluding hydrogens is 160 g/mol. The third kappa shape index (κ3) is 2.65. The van der Waals surface area contributed by atoms with Crippen LogP contribution in [0.1, 0.15) is 43.9 Å². The Bertz CT molecular complexity index is 281. The second-order valence-corrected chi connectivity index (χ2v) is 3.35. The fourth-order valence-electron chi connectivity index (χ4n) is 1.45. The van der Waals surface area contributed by atoms with E-state index in [1.54, 1.807) is 6.20 Å². The van der Waals surface area contributed by atoms with Gasteiger partial charge in [0, 0.05) is 12.4 Å². The molecule has 0 aromatic carbocycles. The maximum atomic E-state index is 7.10. The average molecular weight is 176 g/mol. The van der Waals surface area contributed by atoms with Gasteiger partial charge in [-0.25, -0.2) is 0 Å². The molecule has 70 valence electrons. The molecule has 1 rings (SSSR count). The summed E-state index contributed by atoms with van der Waals surface area (Å²) >= 11 is 0. The Kier molecular flexibility index (Phi) is 3.62. The highest BCUT2D eigenvalue weighted by Gasteiger charge is 2.04. The third-order valence-corrected chi connectivity index (χ3v) is 2.24. The van der Waals surface area contributed by atoms with Crippen LogP contribution >= 0.6 is 0 Å². The largest absolute Gasteiger partial charge is 0.307 e. The minimum absolute atomic E-state index is 0.576. The van der Waals surface area contributed by atoms with Crippen LogP contribution < -0.4 is 0 Å². The first kappa shape index (κ1) is 9.90. The minimum Gasteiger partial charge on any atom is -0.307 e. The molecule has 0 aliphatic heterocycles. The summed E-state index contributed by atoms with van der Waals surface area (Å²) in [5.41, 5.74) is 2.04. The van der Waals surface area contributed by atoms with Crippen LogP contribution in [0.2, 0.25) is 0 Å². The zero-order valence-electron chi connectivity index (χ0n) is 8.25. The molecule has 0 saturated heterocycles. The molecular formula is C11H16N2. The molecule has 0 spiro atoms. The van der Waals surface area contributed by atoms with Gasteiger partial charge in [0.15, 0.2) is 0 Å². The van der Waals surface area contributed by atoms with Gasteiger partial charge in [-0.2, -0.15) is 0 Å². The normalized spacial score (nSPS) is 12.5. The van der Waals surface area contributed by atoms with Crippen LogP contribution in [0, 0.1) is 5.41 Å². The van der Waals surface area contributed by atoms with Crippen LogP contribution in [-0.4, -0.2) is 11.2 Å². The smallest absolute Gasteiger partial charge is 0.0807 e. The molecule has 13 heavy (non-hydrogen) atoms. The van der Waals surface area contributed by atoms with Crippen molar-refractivity contribution >= 4 is 6.21 Å². The molecule has 1 aromatic heterocycles. The molecule has 2 heteroatoms. The van der Waals surface area contributed by atoms with Gasteiger partial charge in [0.05, 0.1) is 5.69 Å². The Morgan fingerprint density at radius 1 is 1.62 bits per heavy atom. The molecule has 1 N–H and O–H groups in total. The van der Waals surface area contributed by atoms with E-state index in [-0.39, 0.29) is 0 Å². The van der Waals surface area contributed by atoms with Crippen LogP contribution in [0.15, 0.2) is 18.3 Å². The molecule has 0 radical (unpaired) electrons. The third-order valence-electron chi connectivity index (χ3n) is 2.24. The summed E-state index contributed by atoms with van der Waals surface area (Å²) in [4.78, 5) is 4.06. The first-order valence-corrected chi connectivity index (χ1v) is 4.74. The van der Waals surface area contributed by atoms with Crippen molar-refractivity contribution < 1.29 is 0 Å². The zero-order chi connectivity index (χ0) is 9.68. The lowest BCUT2D eigenvalue weighted by molar-refractivity contribution is 0.664. The van der Waals surface area contributed by atoms with E-state index in [4.69, 9.17) is 5.41 Å². The lowest BCUT2D eigenvalue weighted by atomic mass is 9.97. The summed E-state index contributed by atoms with van der Waals surface area (Å²) in [6.45, 7) is 4.40. The van der Waals surface area contributed by atoms with E-state index >= 15 is 0 Å². The van der Waals surface area contributed by atoms with Crippen molar-refractivity contribution in [3.8, 4) is 0 Å². The molecule has 0 bridgehead atoms. The second-order valence-electron chi connectivity index (χ2n) is 3.35. The van der Waals surface area contributed by atoms with E-state index in [1.165, 1.54) is 24.6 Å². The second kappa shape index (κ2) is 4.75. The Balaban J connectivity index is 2.81. The minimum atomic E-state index is 0.576. The Morgan fingerprint density at radius 2 is 2.38 bits per heavy atom. The van der Waals surface area contributed by atoms with E-state index in [2.05, 4.69) is 18.8 Å². The molecule has 1 aromatic rings. The summed E-state index contributed by atoms with van der Waals surface area (Å²) in [6, 6.07) is 4.03. The predicted octanol–water partition coefficient (Wildman–Crippen LogP) is 2.98. The summed E-state index contributed by atoms with van der Waals surface area (Å²) in [5.74, 6) is 0.576. The average Bonchev–Trinajstić information content (AvgIpc) is 2.18. The number of hydrogen-bond acceptors (Lipinski definition) is 2. The van der Waals surface area contributed by atoms with Crippen LogP contribution in [0.3, 0.4) is 0 Å². The standard InChI is InChI=1S/C11H16N2/c1-3-4-9(2)10-5-6-13-11(7-10)8-12/h5-9,12H,3-4H2,1-2H3. The number of aromatic nitrogens is 1. The molecule has 0 amide bonds. The van der Waals surface area contributed by atoms with Gasteiger partial charge in [-0.1, -0.05) is 20.3 Å². The molecule has 2 nitrogen and oxygen atoms in total. The maximum absolute atomic E-state index is 7.10. The molecule has 0 saturated carbocycles. The molecule has 0 aliphatic carbocycles. The summed E-state index contributed by atoms with van der Waals surface area (Å²) in [7, 11) is 0. The van der Waals surface area contributed by atoms with Crippen LogP contribution in [0.25, 0.3) is 0 Å². The first-order chi connectivity index (χ1) is 6.27. The van der Waals surface area contributed by atoms with E-state index in [1.807, 2.05) is 12.1 Å². The van der Waals surface area contributed by atoms with Crippen molar-refractivity contribution in [2.75, 3.05) is 0 Å². The van der Waals surface area contributed by atoms with Crippen molar-refractivity contribution in [1.29, 1.82) is 5.41 Å². The lowest BCUT2D eigenvalue weighted by Gasteiger charge is -2.09. The van der Waals surface area contributed by atoms with E-state index in [0.29, 0.717) is 5.92 Å². The van der Waals surface area contributed by atoms with E-state index in [9.17, 15) is 0 Å². The fourth-order valence-corrected chi connectivity index (χ4v) is 1.45. The van der Waals surface area contributed by atoms with Gasteiger partial charge in [0.1, 0.15) is 0 Å². The molecule has 1 unspecified atom stereocenters. The molecule has 0 fully saturated rings.